The first-order valence-electron chi connectivity index (χ1n) is 7.44. The Morgan fingerprint density at radius 1 is 1.26 bits per heavy atom. The molecule has 0 aliphatic rings. The van der Waals surface area contributed by atoms with Gasteiger partial charge in [-0.05, 0) is 30.2 Å². The number of benzene rings is 2. The number of methoxy groups -OCH3 is 1. The molecular formula is C18H20ClNO2S. The van der Waals surface area contributed by atoms with E-state index in [0.29, 0.717) is 16.5 Å². The van der Waals surface area contributed by atoms with Gasteiger partial charge in [-0.2, -0.15) is 0 Å². The molecule has 0 heterocycles. The molecule has 0 saturated heterocycles. The second-order valence-electron chi connectivity index (χ2n) is 5.03. The molecular weight excluding hydrogens is 330 g/mol. The van der Waals surface area contributed by atoms with Crippen LogP contribution in [0.25, 0.3) is 0 Å². The summed E-state index contributed by atoms with van der Waals surface area (Å²) in [5, 5.41) is 3.30. The fraction of sp³-hybridized carbons (Fsp3) is 0.278. The molecule has 2 aromatic carbocycles. The van der Waals surface area contributed by atoms with Crippen LogP contribution in [0.5, 0.6) is 5.75 Å². The molecule has 0 spiro atoms. The third-order valence-electron chi connectivity index (χ3n) is 3.38. The Morgan fingerprint density at radius 2 is 2.00 bits per heavy atom. The van der Waals surface area contributed by atoms with Gasteiger partial charge in [-0.25, -0.2) is 0 Å². The van der Waals surface area contributed by atoms with Crippen LogP contribution in [0.1, 0.15) is 18.9 Å². The Bertz CT molecular complexity index is 649. The van der Waals surface area contributed by atoms with Gasteiger partial charge in [-0.3, -0.25) is 4.79 Å². The van der Waals surface area contributed by atoms with Gasteiger partial charge in [0, 0.05) is 11.4 Å². The summed E-state index contributed by atoms with van der Waals surface area (Å²) >= 11 is 7.73. The van der Waals surface area contributed by atoms with Crippen molar-refractivity contribution in [3.05, 3.63) is 59.1 Å². The molecule has 0 saturated carbocycles. The Hall–Kier alpha value is -1.65. The predicted molar refractivity (Wildman–Crippen MR) is 98.4 cm³/mol. The smallest absolute Gasteiger partial charge is 0.237 e. The highest BCUT2D eigenvalue weighted by atomic mass is 35.5. The summed E-state index contributed by atoms with van der Waals surface area (Å²) in [6.45, 7) is 2.02. The van der Waals surface area contributed by atoms with Gasteiger partial charge in [0.2, 0.25) is 5.91 Å². The number of halogens is 1. The molecule has 122 valence electrons. The molecule has 23 heavy (non-hydrogen) atoms. The lowest BCUT2D eigenvalue weighted by Crippen LogP contribution is -2.24. The summed E-state index contributed by atoms with van der Waals surface area (Å²) in [4.78, 5) is 12.4. The number of hydrogen-bond acceptors (Lipinski definition) is 3. The Labute approximate surface area is 146 Å². The highest BCUT2D eigenvalue weighted by molar-refractivity contribution is 7.99. The molecule has 1 amide bonds. The molecule has 2 aromatic rings. The average molecular weight is 350 g/mol. The Balaban J connectivity index is 1.95. The third-order valence-corrected chi connectivity index (χ3v) is 5.12. The molecule has 1 atom stereocenters. The third kappa shape index (κ3) is 5.19. The van der Waals surface area contributed by atoms with Crippen molar-refractivity contribution in [2.45, 2.75) is 24.3 Å². The molecule has 0 fully saturated rings. The van der Waals surface area contributed by atoms with Gasteiger partial charge in [0.05, 0.1) is 17.4 Å². The van der Waals surface area contributed by atoms with Crippen LogP contribution >= 0.6 is 23.4 Å². The lowest BCUT2D eigenvalue weighted by Gasteiger charge is -2.15. The molecule has 0 aromatic heterocycles. The van der Waals surface area contributed by atoms with Crippen LogP contribution in [0.4, 0.5) is 5.69 Å². The molecule has 0 aliphatic heterocycles. The van der Waals surface area contributed by atoms with E-state index >= 15 is 0 Å². The Morgan fingerprint density at radius 3 is 2.61 bits per heavy atom. The molecule has 3 nitrogen and oxygen atoms in total. The van der Waals surface area contributed by atoms with Crippen molar-refractivity contribution in [3.8, 4) is 5.75 Å². The topological polar surface area (TPSA) is 38.3 Å². The van der Waals surface area contributed by atoms with Crippen molar-refractivity contribution in [2.24, 2.45) is 0 Å². The fourth-order valence-corrected chi connectivity index (χ4v) is 3.41. The van der Waals surface area contributed by atoms with Crippen LogP contribution in [0.15, 0.2) is 48.5 Å². The van der Waals surface area contributed by atoms with Crippen molar-refractivity contribution in [1.29, 1.82) is 0 Å². The van der Waals surface area contributed by atoms with Crippen molar-refractivity contribution in [2.75, 3.05) is 12.4 Å². The lowest BCUT2D eigenvalue weighted by molar-refractivity contribution is -0.115. The summed E-state index contributed by atoms with van der Waals surface area (Å²) in [5.41, 5.74) is 1.90. The van der Waals surface area contributed by atoms with Crippen LogP contribution in [-0.4, -0.2) is 18.3 Å². The van der Waals surface area contributed by atoms with Crippen molar-refractivity contribution in [1.82, 2.24) is 0 Å². The number of carbonyl (C=O) groups is 1. The van der Waals surface area contributed by atoms with Gasteiger partial charge < -0.3 is 10.1 Å². The van der Waals surface area contributed by atoms with Gasteiger partial charge in [-0.1, -0.05) is 48.9 Å². The number of anilines is 1. The maximum atomic E-state index is 12.4. The van der Waals surface area contributed by atoms with Crippen LogP contribution in [-0.2, 0) is 10.5 Å². The molecule has 0 radical (unpaired) electrons. The van der Waals surface area contributed by atoms with Crippen molar-refractivity contribution >= 4 is 35.0 Å². The first-order chi connectivity index (χ1) is 11.1. The summed E-state index contributed by atoms with van der Waals surface area (Å²) < 4.78 is 5.11. The van der Waals surface area contributed by atoms with Gasteiger partial charge in [-0.15, -0.1) is 11.8 Å². The second-order valence-corrected chi connectivity index (χ2v) is 6.63. The van der Waals surface area contributed by atoms with Crippen LogP contribution in [0.3, 0.4) is 0 Å². The minimum absolute atomic E-state index is 0.00494. The molecule has 0 aliphatic carbocycles. The van der Waals surface area contributed by atoms with Crippen molar-refractivity contribution < 1.29 is 9.53 Å². The molecule has 5 heteroatoms. The van der Waals surface area contributed by atoms with Gasteiger partial charge in [0.1, 0.15) is 5.75 Å². The summed E-state index contributed by atoms with van der Waals surface area (Å²) in [6, 6.07) is 15.4. The normalized spacial score (nSPS) is 11.8. The van der Waals surface area contributed by atoms with E-state index in [2.05, 4.69) is 17.4 Å². The maximum Gasteiger partial charge on any atom is 0.237 e. The number of ether oxygens (including phenoxy) is 1. The number of carbonyl (C=O) groups excluding carboxylic acids is 1. The zero-order valence-corrected chi connectivity index (χ0v) is 14.8. The monoisotopic (exact) mass is 349 g/mol. The van der Waals surface area contributed by atoms with E-state index in [1.54, 1.807) is 37.1 Å². The van der Waals surface area contributed by atoms with Crippen molar-refractivity contribution in [3.63, 3.8) is 0 Å². The summed E-state index contributed by atoms with van der Waals surface area (Å²) in [6.07, 6.45) is 0.771. The van der Waals surface area contributed by atoms with E-state index in [9.17, 15) is 4.79 Å². The van der Waals surface area contributed by atoms with E-state index < -0.39 is 0 Å². The molecule has 1 N–H and O–H groups in total. The van der Waals surface area contributed by atoms with E-state index in [4.69, 9.17) is 16.3 Å². The minimum atomic E-state index is -0.101. The van der Waals surface area contributed by atoms with Gasteiger partial charge >= 0.3 is 0 Å². The second kappa shape index (κ2) is 8.85. The number of hydrogen-bond donors (Lipinski definition) is 1. The molecule has 0 bridgehead atoms. The van der Waals surface area contributed by atoms with E-state index in [1.807, 2.05) is 25.1 Å². The standard InChI is InChI=1S/C18H20ClNO2S/c1-3-17(23-12-13-7-5-4-6-8-13)18(21)20-14-9-10-16(22-2)15(19)11-14/h4-11,17H,3,12H2,1-2H3,(H,20,21). The number of nitrogens with one attached hydrogen (secondary N) is 1. The number of thioether (sulfide) groups is 1. The fourth-order valence-electron chi connectivity index (χ4n) is 2.12. The van der Waals surface area contributed by atoms with Crippen LogP contribution < -0.4 is 10.1 Å². The largest absolute Gasteiger partial charge is 0.495 e. The molecule has 1 unspecified atom stereocenters. The van der Waals surface area contributed by atoms with Gasteiger partial charge in [0.15, 0.2) is 0 Å². The predicted octanol–water partition coefficient (Wildman–Crippen LogP) is 5.00. The van der Waals surface area contributed by atoms with E-state index in [1.165, 1.54) is 5.56 Å². The summed E-state index contributed by atoms with van der Waals surface area (Å²) in [7, 11) is 1.56. The average Bonchev–Trinajstić information content (AvgIpc) is 2.56. The van der Waals surface area contributed by atoms with Gasteiger partial charge in [0.25, 0.3) is 0 Å². The zero-order valence-electron chi connectivity index (χ0n) is 13.2. The lowest BCUT2D eigenvalue weighted by atomic mass is 10.2. The number of amides is 1. The summed E-state index contributed by atoms with van der Waals surface area (Å²) in [5.74, 6) is 1.40. The first kappa shape index (κ1) is 17.7. The highest BCUT2D eigenvalue weighted by Gasteiger charge is 2.17. The van der Waals surface area contributed by atoms with E-state index in [0.717, 1.165) is 12.2 Å². The number of rotatable bonds is 7. The maximum absolute atomic E-state index is 12.4. The van der Waals surface area contributed by atoms with Crippen LogP contribution in [0, 0.1) is 0 Å². The van der Waals surface area contributed by atoms with Crippen LogP contribution in [0.2, 0.25) is 5.02 Å². The first-order valence-corrected chi connectivity index (χ1v) is 8.86. The quantitative estimate of drug-likeness (QED) is 0.764. The Kier molecular flexibility index (Phi) is 6.81. The molecule has 2 rings (SSSR count). The SMILES string of the molecule is CCC(SCc1ccccc1)C(=O)Nc1ccc(OC)c(Cl)c1. The zero-order chi connectivity index (χ0) is 16.7. The highest BCUT2D eigenvalue weighted by Crippen LogP contribution is 2.28. The van der Waals surface area contributed by atoms with E-state index in [-0.39, 0.29) is 11.2 Å². The minimum Gasteiger partial charge on any atom is -0.495 e.